The standard InChI is InChI=1S/C21H17FN2O/c22-19-3-1-2-16(15-19)6-9-21(25)24-20-7-4-17(5-8-20)14-18-10-12-23-13-11-18/h1-13,15H,14H2,(H,24,25)/b9-6+. The highest BCUT2D eigenvalue weighted by molar-refractivity contribution is 6.01. The van der Waals surface area contributed by atoms with Crippen molar-refractivity contribution < 1.29 is 9.18 Å². The minimum absolute atomic E-state index is 0.258. The lowest BCUT2D eigenvalue weighted by molar-refractivity contribution is -0.111. The molecule has 1 heterocycles. The summed E-state index contributed by atoms with van der Waals surface area (Å²) in [5, 5.41) is 2.79. The lowest BCUT2D eigenvalue weighted by Gasteiger charge is -2.05. The number of aromatic nitrogens is 1. The lowest BCUT2D eigenvalue weighted by Crippen LogP contribution is -2.07. The molecule has 3 aromatic rings. The van der Waals surface area contributed by atoms with Crippen molar-refractivity contribution in [2.24, 2.45) is 0 Å². The van der Waals surface area contributed by atoms with Gasteiger partial charge in [-0.2, -0.15) is 0 Å². The first-order valence-electron chi connectivity index (χ1n) is 7.91. The first-order chi connectivity index (χ1) is 12.2. The van der Waals surface area contributed by atoms with Crippen LogP contribution in [0.1, 0.15) is 16.7 Å². The Kier molecular flexibility index (Phi) is 5.32. The van der Waals surface area contributed by atoms with Crippen LogP contribution < -0.4 is 5.32 Å². The third-order valence-corrected chi connectivity index (χ3v) is 3.65. The van der Waals surface area contributed by atoms with Crippen molar-refractivity contribution >= 4 is 17.7 Å². The number of hydrogen-bond donors (Lipinski definition) is 1. The van der Waals surface area contributed by atoms with Gasteiger partial charge in [-0.05, 0) is 65.6 Å². The van der Waals surface area contributed by atoms with Crippen LogP contribution in [0.3, 0.4) is 0 Å². The maximum Gasteiger partial charge on any atom is 0.248 e. The van der Waals surface area contributed by atoms with Crippen molar-refractivity contribution in [3.8, 4) is 0 Å². The quantitative estimate of drug-likeness (QED) is 0.701. The highest BCUT2D eigenvalue weighted by atomic mass is 19.1. The molecule has 0 aliphatic heterocycles. The van der Waals surface area contributed by atoms with E-state index < -0.39 is 0 Å². The second-order valence-electron chi connectivity index (χ2n) is 5.61. The van der Waals surface area contributed by atoms with Crippen molar-refractivity contribution in [1.29, 1.82) is 0 Å². The van der Waals surface area contributed by atoms with Gasteiger partial charge in [-0.15, -0.1) is 0 Å². The lowest BCUT2D eigenvalue weighted by atomic mass is 10.1. The van der Waals surface area contributed by atoms with Crippen LogP contribution in [0.4, 0.5) is 10.1 Å². The molecule has 1 amide bonds. The zero-order chi connectivity index (χ0) is 17.5. The molecule has 0 aliphatic rings. The summed E-state index contributed by atoms with van der Waals surface area (Å²) in [5.41, 5.74) is 3.69. The van der Waals surface area contributed by atoms with Crippen molar-refractivity contribution in [3.63, 3.8) is 0 Å². The van der Waals surface area contributed by atoms with E-state index in [2.05, 4.69) is 10.3 Å². The van der Waals surface area contributed by atoms with Gasteiger partial charge >= 0.3 is 0 Å². The molecule has 0 unspecified atom stereocenters. The van der Waals surface area contributed by atoms with Gasteiger partial charge in [0, 0.05) is 24.2 Å². The summed E-state index contributed by atoms with van der Waals surface area (Å²) >= 11 is 0. The molecular weight excluding hydrogens is 315 g/mol. The molecule has 4 heteroatoms. The minimum Gasteiger partial charge on any atom is -0.323 e. The number of pyridine rings is 1. The average molecular weight is 332 g/mol. The van der Waals surface area contributed by atoms with Gasteiger partial charge in [0.15, 0.2) is 0 Å². The Balaban J connectivity index is 1.58. The molecule has 0 saturated heterocycles. The number of anilines is 1. The Morgan fingerprint density at radius 2 is 1.72 bits per heavy atom. The molecule has 1 aromatic heterocycles. The summed E-state index contributed by atoms with van der Waals surface area (Å²) in [4.78, 5) is 16.0. The molecule has 0 aliphatic carbocycles. The van der Waals surface area contributed by atoms with E-state index in [9.17, 15) is 9.18 Å². The van der Waals surface area contributed by atoms with Gasteiger partial charge in [-0.25, -0.2) is 4.39 Å². The van der Waals surface area contributed by atoms with Gasteiger partial charge < -0.3 is 5.32 Å². The number of hydrogen-bond acceptors (Lipinski definition) is 2. The summed E-state index contributed by atoms with van der Waals surface area (Å²) in [6, 6.07) is 17.7. The van der Waals surface area contributed by atoms with Crippen LogP contribution in [0.15, 0.2) is 79.1 Å². The van der Waals surface area contributed by atoms with Crippen LogP contribution >= 0.6 is 0 Å². The monoisotopic (exact) mass is 332 g/mol. The Morgan fingerprint density at radius 1 is 1.00 bits per heavy atom. The van der Waals surface area contributed by atoms with Gasteiger partial charge in [-0.3, -0.25) is 9.78 Å². The molecule has 3 rings (SSSR count). The van der Waals surface area contributed by atoms with Gasteiger partial charge in [0.1, 0.15) is 5.82 Å². The highest BCUT2D eigenvalue weighted by Crippen LogP contribution is 2.13. The minimum atomic E-state index is -0.327. The first kappa shape index (κ1) is 16.6. The summed E-state index contributed by atoms with van der Waals surface area (Å²) < 4.78 is 13.1. The topological polar surface area (TPSA) is 42.0 Å². The maximum absolute atomic E-state index is 13.1. The van der Waals surface area contributed by atoms with Crippen LogP contribution in [0.5, 0.6) is 0 Å². The highest BCUT2D eigenvalue weighted by Gasteiger charge is 2.00. The number of nitrogens with zero attached hydrogens (tertiary/aromatic N) is 1. The number of rotatable bonds is 5. The molecule has 0 spiro atoms. The Bertz CT molecular complexity index is 874. The SMILES string of the molecule is O=C(/C=C/c1cccc(F)c1)Nc1ccc(Cc2ccncc2)cc1. The zero-order valence-corrected chi connectivity index (χ0v) is 13.5. The van der Waals surface area contributed by atoms with E-state index in [-0.39, 0.29) is 11.7 Å². The summed E-state index contributed by atoms with van der Waals surface area (Å²) in [6.45, 7) is 0. The smallest absolute Gasteiger partial charge is 0.248 e. The number of nitrogens with one attached hydrogen (secondary N) is 1. The molecule has 3 nitrogen and oxygen atoms in total. The molecule has 1 N–H and O–H groups in total. The van der Waals surface area contributed by atoms with Gasteiger partial charge in [0.2, 0.25) is 5.91 Å². The van der Waals surface area contributed by atoms with Gasteiger partial charge in [0.25, 0.3) is 0 Å². The van der Waals surface area contributed by atoms with Crippen molar-refractivity contribution in [2.45, 2.75) is 6.42 Å². The Hall–Kier alpha value is -3.27. The van der Waals surface area contributed by atoms with E-state index in [1.165, 1.54) is 23.8 Å². The molecule has 0 saturated carbocycles. The zero-order valence-electron chi connectivity index (χ0n) is 13.5. The van der Waals surface area contributed by atoms with Crippen molar-refractivity contribution in [3.05, 3.63) is 102 Å². The number of benzene rings is 2. The largest absolute Gasteiger partial charge is 0.323 e. The molecular formula is C21H17FN2O. The first-order valence-corrected chi connectivity index (χ1v) is 7.91. The second-order valence-corrected chi connectivity index (χ2v) is 5.61. The Morgan fingerprint density at radius 3 is 2.44 bits per heavy atom. The molecule has 25 heavy (non-hydrogen) atoms. The number of carbonyl (C=O) groups excluding carboxylic acids is 1. The number of carbonyl (C=O) groups is 1. The fourth-order valence-corrected chi connectivity index (χ4v) is 2.41. The molecule has 124 valence electrons. The van der Waals surface area contributed by atoms with E-state index >= 15 is 0 Å². The van der Waals surface area contributed by atoms with Gasteiger partial charge in [-0.1, -0.05) is 24.3 Å². The van der Waals surface area contributed by atoms with E-state index in [0.29, 0.717) is 11.3 Å². The van der Waals surface area contributed by atoms with Crippen LogP contribution in [0, 0.1) is 5.82 Å². The van der Waals surface area contributed by atoms with Crippen molar-refractivity contribution in [2.75, 3.05) is 5.32 Å². The second kappa shape index (κ2) is 8.02. The Labute approximate surface area is 145 Å². The van der Waals surface area contributed by atoms with Crippen LogP contribution in [0.25, 0.3) is 6.08 Å². The van der Waals surface area contributed by atoms with E-state index in [1.54, 1.807) is 30.6 Å². The van der Waals surface area contributed by atoms with Crippen LogP contribution in [-0.2, 0) is 11.2 Å². The molecule has 2 aromatic carbocycles. The molecule has 0 radical (unpaired) electrons. The predicted octanol–water partition coefficient (Wildman–Crippen LogP) is 4.46. The van der Waals surface area contributed by atoms with Crippen LogP contribution in [-0.4, -0.2) is 10.9 Å². The molecule has 0 bridgehead atoms. The molecule has 0 fully saturated rings. The predicted molar refractivity (Wildman–Crippen MR) is 97.5 cm³/mol. The van der Waals surface area contributed by atoms with Crippen LogP contribution in [0.2, 0.25) is 0 Å². The third-order valence-electron chi connectivity index (χ3n) is 3.65. The third kappa shape index (κ3) is 5.11. The van der Waals surface area contributed by atoms with E-state index in [0.717, 1.165) is 12.0 Å². The fourth-order valence-electron chi connectivity index (χ4n) is 2.41. The normalized spacial score (nSPS) is 10.8. The van der Waals surface area contributed by atoms with Gasteiger partial charge in [0.05, 0.1) is 0 Å². The summed E-state index contributed by atoms with van der Waals surface area (Å²) in [5.74, 6) is -0.585. The summed E-state index contributed by atoms with van der Waals surface area (Å²) in [7, 11) is 0. The maximum atomic E-state index is 13.1. The number of halogens is 1. The van der Waals surface area contributed by atoms with E-state index in [1.807, 2.05) is 36.4 Å². The fraction of sp³-hybridized carbons (Fsp3) is 0.0476. The molecule has 0 atom stereocenters. The number of amides is 1. The average Bonchev–Trinajstić information content (AvgIpc) is 2.63. The van der Waals surface area contributed by atoms with Crippen molar-refractivity contribution in [1.82, 2.24) is 4.98 Å². The van der Waals surface area contributed by atoms with E-state index in [4.69, 9.17) is 0 Å². The summed E-state index contributed by atoms with van der Waals surface area (Å²) in [6.07, 6.45) is 7.33.